The van der Waals surface area contributed by atoms with Gasteiger partial charge in [0.05, 0.1) is 12.6 Å². The van der Waals surface area contributed by atoms with Crippen LogP contribution in [0, 0.1) is 6.92 Å². The second-order valence-corrected chi connectivity index (χ2v) is 6.27. The molecular weight excluding hydrogens is 310 g/mol. The lowest BCUT2D eigenvalue weighted by molar-refractivity contribution is 0.0694. The fourth-order valence-electron chi connectivity index (χ4n) is 3.16. The van der Waals surface area contributed by atoms with Gasteiger partial charge in [-0.3, -0.25) is 9.48 Å². The smallest absolute Gasteiger partial charge is 0.339 e. The molecule has 2 heterocycles. The second-order valence-electron chi connectivity index (χ2n) is 6.27. The lowest BCUT2D eigenvalue weighted by Crippen LogP contribution is -2.26. The van der Waals surface area contributed by atoms with Crippen LogP contribution in [0.2, 0.25) is 0 Å². The van der Waals surface area contributed by atoms with Crippen LogP contribution >= 0.6 is 0 Å². The van der Waals surface area contributed by atoms with Gasteiger partial charge in [-0.2, -0.15) is 5.10 Å². The van der Waals surface area contributed by atoms with Crippen molar-refractivity contribution in [2.45, 2.75) is 45.2 Å². The van der Waals surface area contributed by atoms with E-state index in [0.717, 1.165) is 12.8 Å². The largest absolute Gasteiger partial charge is 0.478 e. The summed E-state index contributed by atoms with van der Waals surface area (Å²) in [4.78, 5) is 25.0. The number of carboxylic acids is 1. The van der Waals surface area contributed by atoms with Crippen LogP contribution in [0.5, 0.6) is 0 Å². The SMILES string of the molecule is Cc1oc(CN(C)C(=O)c2ccn(C3CCCC3)n2)cc1C(=O)O. The minimum absolute atomic E-state index is 0.122. The molecule has 7 nitrogen and oxygen atoms in total. The lowest BCUT2D eigenvalue weighted by atomic mass is 10.2. The Morgan fingerprint density at radius 3 is 2.75 bits per heavy atom. The first-order valence-corrected chi connectivity index (χ1v) is 8.09. The molecule has 1 fully saturated rings. The molecule has 0 radical (unpaired) electrons. The molecule has 0 aromatic carbocycles. The number of hydrogen-bond donors (Lipinski definition) is 1. The molecule has 1 amide bonds. The van der Waals surface area contributed by atoms with E-state index in [-0.39, 0.29) is 18.0 Å². The van der Waals surface area contributed by atoms with Gasteiger partial charge in [-0.05, 0) is 31.9 Å². The third-order valence-electron chi connectivity index (χ3n) is 4.47. The number of carbonyl (C=O) groups is 2. The number of hydrogen-bond acceptors (Lipinski definition) is 4. The molecule has 0 atom stereocenters. The number of aromatic nitrogens is 2. The maximum Gasteiger partial charge on any atom is 0.339 e. The highest BCUT2D eigenvalue weighted by molar-refractivity contribution is 5.92. The molecule has 2 aromatic rings. The van der Waals surface area contributed by atoms with E-state index in [1.165, 1.54) is 23.8 Å². The van der Waals surface area contributed by atoms with Gasteiger partial charge in [0.25, 0.3) is 5.91 Å². The molecule has 7 heteroatoms. The molecular formula is C17H21N3O4. The Kier molecular flexibility index (Phi) is 4.42. The van der Waals surface area contributed by atoms with Crippen LogP contribution in [0.4, 0.5) is 0 Å². The van der Waals surface area contributed by atoms with E-state index >= 15 is 0 Å². The monoisotopic (exact) mass is 331 g/mol. The second kappa shape index (κ2) is 6.51. The van der Waals surface area contributed by atoms with E-state index in [9.17, 15) is 9.59 Å². The normalized spacial score (nSPS) is 14.9. The summed E-state index contributed by atoms with van der Waals surface area (Å²) in [5.41, 5.74) is 0.516. The topological polar surface area (TPSA) is 88.6 Å². The zero-order chi connectivity index (χ0) is 17.3. The highest BCUT2D eigenvalue weighted by atomic mass is 16.4. The average Bonchev–Trinajstić information content (AvgIpc) is 3.26. The van der Waals surface area contributed by atoms with Crippen LogP contribution in [0.25, 0.3) is 0 Å². The van der Waals surface area contributed by atoms with E-state index in [1.807, 2.05) is 10.9 Å². The first-order valence-electron chi connectivity index (χ1n) is 8.09. The number of carbonyl (C=O) groups excluding carboxylic acids is 1. The van der Waals surface area contributed by atoms with Gasteiger partial charge < -0.3 is 14.4 Å². The van der Waals surface area contributed by atoms with Crippen molar-refractivity contribution in [3.63, 3.8) is 0 Å². The van der Waals surface area contributed by atoms with Gasteiger partial charge in [0.1, 0.15) is 22.8 Å². The zero-order valence-corrected chi connectivity index (χ0v) is 13.9. The van der Waals surface area contributed by atoms with Crippen LogP contribution in [-0.4, -0.2) is 38.7 Å². The number of carboxylic acid groups (broad SMARTS) is 1. The molecule has 128 valence electrons. The lowest BCUT2D eigenvalue weighted by Gasteiger charge is -2.14. The first kappa shape index (κ1) is 16.3. The number of amides is 1. The van der Waals surface area contributed by atoms with Crippen molar-refractivity contribution < 1.29 is 19.1 Å². The van der Waals surface area contributed by atoms with E-state index in [2.05, 4.69) is 5.10 Å². The van der Waals surface area contributed by atoms with Crippen molar-refractivity contribution >= 4 is 11.9 Å². The summed E-state index contributed by atoms with van der Waals surface area (Å²) in [5.74, 6) is -0.468. The van der Waals surface area contributed by atoms with Gasteiger partial charge in [-0.25, -0.2) is 4.79 Å². The molecule has 1 aliphatic carbocycles. The first-order chi connectivity index (χ1) is 11.5. The molecule has 0 spiro atoms. The minimum Gasteiger partial charge on any atom is -0.478 e. The van der Waals surface area contributed by atoms with Crippen molar-refractivity contribution in [1.29, 1.82) is 0 Å². The Hall–Kier alpha value is -2.57. The van der Waals surface area contributed by atoms with Crippen LogP contribution < -0.4 is 0 Å². The van der Waals surface area contributed by atoms with Crippen molar-refractivity contribution in [2.75, 3.05) is 7.05 Å². The zero-order valence-electron chi connectivity index (χ0n) is 13.9. The van der Waals surface area contributed by atoms with Gasteiger partial charge in [-0.1, -0.05) is 12.8 Å². The molecule has 2 aromatic heterocycles. The van der Waals surface area contributed by atoms with Crippen LogP contribution in [0.1, 0.15) is 64.1 Å². The highest BCUT2D eigenvalue weighted by Gasteiger charge is 2.22. The Labute approximate surface area is 139 Å². The third-order valence-corrected chi connectivity index (χ3v) is 4.47. The standard InChI is InChI=1S/C17H21N3O4/c1-11-14(17(22)23)9-13(24-11)10-19(2)16(21)15-7-8-20(18-15)12-5-3-4-6-12/h7-9,12H,3-6,10H2,1-2H3,(H,22,23). The summed E-state index contributed by atoms with van der Waals surface area (Å²) >= 11 is 0. The molecule has 0 unspecified atom stereocenters. The molecule has 24 heavy (non-hydrogen) atoms. The van der Waals surface area contributed by atoms with Crippen LogP contribution in [-0.2, 0) is 6.54 Å². The molecule has 1 saturated carbocycles. The van der Waals surface area contributed by atoms with E-state index < -0.39 is 5.97 Å². The Balaban J connectivity index is 1.68. The number of furan rings is 1. The number of nitrogens with zero attached hydrogens (tertiary/aromatic N) is 3. The molecule has 1 N–H and O–H groups in total. The van der Waals surface area contributed by atoms with Gasteiger partial charge in [0, 0.05) is 13.2 Å². The minimum atomic E-state index is -1.04. The maximum absolute atomic E-state index is 12.5. The van der Waals surface area contributed by atoms with Gasteiger partial charge in [0.15, 0.2) is 0 Å². The number of rotatable bonds is 5. The van der Waals surface area contributed by atoms with Crippen molar-refractivity contribution in [2.24, 2.45) is 0 Å². The molecule has 0 aliphatic heterocycles. The Bertz CT molecular complexity index is 756. The van der Waals surface area contributed by atoms with Gasteiger partial charge in [-0.15, -0.1) is 0 Å². The van der Waals surface area contributed by atoms with E-state index in [4.69, 9.17) is 9.52 Å². The molecule has 1 aliphatic rings. The predicted molar refractivity (Wildman–Crippen MR) is 85.9 cm³/mol. The molecule has 0 bridgehead atoms. The predicted octanol–water partition coefficient (Wildman–Crippen LogP) is 2.87. The van der Waals surface area contributed by atoms with Crippen LogP contribution in [0.3, 0.4) is 0 Å². The Morgan fingerprint density at radius 2 is 2.12 bits per heavy atom. The fraction of sp³-hybridized carbons (Fsp3) is 0.471. The summed E-state index contributed by atoms with van der Waals surface area (Å²) in [6, 6.07) is 3.58. The third kappa shape index (κ3) is 3.20. The number of aromatic carboxylic acids is 1. The quantitative estimate of drug-likeness (QED) is 0.910. The fourth-order valence-corrected chi connectivity index (χ4v) is 3.16. The van der Waals surface area contributed by atoms with Crippen molar-refractivity contribution in [1.82, 2.24) is 14.7 Å². The number of aryl methyl sites for hydroxylation is 1. The van der Waals surface area contributed by atoms with Crippen LogP contribution in [0.15, 0.2) is 22.7 Å². The molecule has 3 rings (SSSR count). The van der Waals surface area contributed by atoms with E-state index in [0.29, 0.717) is 23.3 Å². The van der Waals surface area contributed by atoms with Gasteiger partial charge in [0.2, 0.25) is 0 Å². The maximum atomic E-state index is 12.5. The summed E-state index contributed by atoms with van der Waals surface area (Å²) in [6.07, 6.45) is 6.48. The van der Waals surface area contributed by atoms with Gasteiger partial charge >= 0.3 is 5.97 Å². The van der Waals surface area contributed by atoms with Crippen molar-refractivity contribution in [3.8, 4) is 0 Å². The van der Waals surface area contributed by atoms with Crippen molar-refractivity contribution in [3.05, 3.63) is 41.1 Å². The summed E-state index contributed by atoms with van der Waals surface area (Å²) in [5, 5.41) is 13.5. The summed E-state index contributed by atoms with van der Waals surface area (Å²) < 4.78 is 7.30. The average molecular weight is 331 g/mol. The molecule has 0 saturated heterocycles. The Morgan fingerprint density at radius 1 is 1.42 bits per heavy atom. The summed E-state index contributed by atoms with van der Waals surface area (Å²) in [7, 11) is 1.65. The van der Waals surface area contributed by atoms with E-state index in [1.54, 1.807) is 20.0 Å². The summed E-state index contributed by atoms with van der Waals surface area (Å²) in [6.45, 7) is 1.79. The highest BCUT2D eigenvalue weighted by Crippen LogP contribution is 2.28.